The van der Waals surface area contributed by atoms with Crippen LogP contribution in [0.5, 0.6) is 0 Å². The number of alkyl halides is 1. The summed E-state index contributed by atoms with van der Waals surface area (Å²) in [4.78, 5) is 22.0. The average molecular weight is 250 g/mol. The van der Waals surface area contributed by atoms with E-state index >= 15 is 0 Å². The zero-order valence-corrected chi connectivity index (χ0v) is 10.5. The molecule has 0 radical (unpaired) electrons. The van der Waals surface area contributed by atoms with Gasteiger partial charge >= 0.3 is 5.97 Å². The van der Waals surface area contributed by atoms with Crippen LogP contribution < -0.4 is 5.32 Å². The van der Waals surface area contributed by atoms with E-state index in [2.05, 4.69) is 5.32 Å². The van der Waals surface area contributed by atoms with E-state index in [1.54, 1.807) is 6.92 Å². The van der Waals surface area contributed by atoms with Crippen LogP contribution in [-0.4, -0.2) is 30.9 Å². The van der Waals surface area contributed by atoms with Crippen molar-refractivity contribution in [1.29, 1.82) is 0 Å². The van der Waals surface area contributed by atoms with Crippen molar-refractivity contribution >= 4 is 23.5 Å². The van der Waals surface area contributed by atoms with E-state index in [-0.39, 0.29) is 11.9 Å². The molecular weight excluding hydrogens is 230 g/mol. The number of amides is 1. The maximum Gasteiger partial charge on any atom is 0.305 e. The molecule has 0 heterocycles. The summed E-state index contributed by atoms with van der Waals surface area (Å²) in [6, 6.07) is 0. The highest BCUT2D eigenvalue weighted by Gasteiger charge is 2.01. The van der Waals surface area contributed by atoms with Crippen molar-refractivity contribution in [2.75, 3.05) is 19.0 Å². The fraction of sp³-hybridized carbons (Fsp3) is 0.818. The normalized spacial score (nSPS) is 9.88. The van der Waals surface area contributed by atoms with E-state index in [0.717, 1.165) is 19.3 Å². The number of esters is 1. The molecule has 4 nitrogen and oxygen atoms in total. The number of carbonyl (C=O) groups excluding carboxylic acids is 2. The molecule has 0 atom stereocenters. The number of nitrogens with one attached hydrogen (secondary N) is 1. The van der Waals surface area contributed by atoms with Gasteiger partial charge < -0.3 is 10.1 Å². The number of hydrogen-bond donors (Lipinski definition) is 1. The molecule has 0 fully saturated rings. The maximum absolute atomic E-state index is 11.0. The van der Waals surface area contributed by atoms with Gasteiger partial charge in [-0.1, -0.05) is 6.42 Å². The third-order valence-electron chi connectivity index (χ3n) is 2.01. The molecule has 0 aliphatic rings. The minimum absolute atomic E-state index is 0.0135. The van der Waals surface area contributed by atoms with Gasteiger partial charge in [0.2, 0.25) is 5.91 Å². The summed E-state index contributed by atoms with van der Waals surface area (Å²) < 4.78 is 4.80. The maximum atomic E-state index is 11.0. The molecular formula is C11H20ClNO3. The van der Waals surface area contributed by atoms with Crippen LogP contribution in [0.4, 0.5) is 0 Å². The molecule has 0 aliphatic heterocycles. The van der Waals surface area contributed by atoms with Crippen molar-refractivity contribution in [3.05, 3.63) is 0 Å². The second-order valence-corrected chi connectivity index (χ2v) is 3.78. The van der Waals surface area contributed by atoms with Gasteiger partial charge in [-0.15, -0.1) is 11.6 Å². The van der Waals surface area contributed by atoms with Crippen molar-refractivity contribution in [1.82, 2.24) is 5.32 Å². The van der Waals surface area contributed by atoms with Crippen molar-refractivity contribution in [2.24, 2.45) is 0 Å². The number of rotatable bonds is 9. The third kappa shape index (κ3) is 9.77. The molecule has 0 spiro atoms. The zero-order chi connectivity index (χ0) is 12.2. The standard InChI is InChI=1S/C11H20ClNO3/c1-2-16-11(15)6-4-3-5-9-13-10(14)7-8-12/h2-9H2,1H3,(H,13,14). The van der Waals surface area contributed by atoms with Crippen molar-refractivity contribution < 1.29 is 14.3 Å². The van der Waals surface area contributed by atoms with Gasteiger partial charge in [-0.2, -0.15) is 0 Å². The number of halogens is 1. The molecule has 16 heavy (non-hydrogen) atoms. The highest BCUT2D eigenvalue weighted by Crippen LogP contribution is 2.00. The largest absolute Gasteiger partial charge is 0.466 e. The van der Waals surface area contributed by atoms with E-state index < -0.39 is 0 Å². The third-order valence-corrected chi connectivity index (χ3v) is 2.20. The summed E-state index contributed by atoms with van der Waals surface area (Å²) in [5, 5.41) is 2.76. The number of unbranched alkanes of at least 4 members (excludes halogenated alkanes) is 2. The molecule has 0 bridgehead atoms. The first-order chi connectivity index (χ1) is 7.70. The Hall–Kier alpha value is -0.770. The minimum atomic E-state index is -0.145. The van der Waals surface area contributed by atoms with Gasteiger partial charge in [-0.05, 0) is 19.8 Å². The Bertz CT molecular complexity index is 187. The second-order valence-electron chi connectivity index (χ2n) is 3.40. The van der Waals surface area contributed by atoms with Crippen LogP contribution in [0.1, 0.15) is 39.0 Å². The van der Waals surface area contributed by atoms with Crippen LogP contribution >= 0.6 is 11.6 Å². The summed E-state index contributed by atoms with van der Waals surface area (Å²) in [6.07, 6.45) is 3.44. The Morgan fingerprint density at radius 1 is 1.19 bits per heavy atom. The topological polar surface area (TPSA) is 55.4 Å². The Morgan fingerprint density at radius 2 is 1.94 bits per heavy atom. The number of carbonyl (C=O) groups is 2. The molecule has 0 rings (SSSR count). The molecule has 0 unspecified atom stereocenters. The lowest BCUT2D eigenvalue weighted by atomic mass is 10.2. The van der Waals surface area contributed by atoms with Gasteiger partial charge in [0.05, 0.1) is 6.61 Å². The lowest BCUT2D eigenvalue weighted by molar-refractivity contribution is -0.143. The fourth-order valence-electron chi connectivity index (χ4n) is 1.21. The Balaban J connectivity index is 3.21. The predicted octanol–water partition coefficient (Wildman–Crippen LogP) is 1.85. The van der Waals surface area contributed by atoms with Crippen LogP contribution in [-0.2, 0) is 14.3 Å². The zero-order valence-electron chi connectivity index (χ0n) is 9.76. The molecule has 1 amide bonds. The monoisotopic (exact) mass is 249 g/mol. The Morgan fingerprint density at radius 3 is 2.56 bits per heavy atom. The predicted molar refractivity (Wildman–Crippen MR) is 63.4 cm³/mol. The molecule has 0 aliphatic carbocycles. The second kappa shape index (κ2) is 10.7. The Kier molecular flexibility index (Phi) is 10.2. The first-order valence-electron chi connectivity index (χ1n) is 5.69. The number of hydrogen-bond acceptors (Lipinski definition) is 3. The smallest absolute Gasteiger partial charge is 0.305 e. The van der Waals surface area contributed by atoms with Crippen molar-refractivity contribution in [3.8, 4) is 0 Å². The Labute approximate surface area is 102 Å². The van der Waals surface area contributed by atoms with E-state index in [9.17, 15) is 9.59 Å². The minimum Gasteiger partial charge on any atom is -0.466 e. The van der Waals surface area contributed by atoms with Crippen LogP contribution in [0.15, 0.2) is 0 Å². The van der Waals surface area contributed by atoms with Crippen LogP contribution in [0, 0.1) is 0 Å². The van der Waals surface area contributed by atoms with Gasteiger partial charge in [0.15, 0.2) is 0 Å². The number of ether oxygens (including phenoxy) is 1. The molecule has 0 saturated carbocycles. The van der Waals surface area contributed by atoms with Crippen molar-refractivity contribution in [2.45, 2.75) is 39.0 Å². The van der Waals surface area contributed by atoms with E-state index in [1.807, 2.05) is 0 Å². The summed E-state index contributed by atoms with van der Waals surface area (Å²) in [6.45, 7) is 2.89. The molecule has 5 heteroatoms. The quantitative estimate of drug-likeness (QED) is 0.386. The summed E-state index contributed by atoms with van der Waals surface area (Å²) in [5.41, 5.74) is 0. The highest BCUT2D eigenvalue weighted by atomic mass is 35.5. The van der Waals surface area contributed by atoms with Gasteiger partial charge in [0.25, 0.3) is 0 Å². The van der Waals surface area contributed by atoms with Gasteiger partial charge in [0.1, 0.15) is 0 Å². The summed E-state index contributed by atoms with van der Waals surface area (Å²) >= 11 is 5.41. The van der Waals surface area contributed by atoms with Gasteiger partial charge in [0, 0.05) is 25.3 Å². The summed E-state index contributed by atoms with van der Waals surface area (Å²) in [7, 11) is 0. The fourth-order valence-corrected chi connectivity index (χ4v) is 1.38. The highest BCUT2D eigenvalue weighted by molar-refractivity contribution is 6.18. The molecule has 0 aromatic heterocycles. The van der Waals surface area contributed by atoms with Gasteiger partial charge in [-0.3, -0.25) is 9.59 Å². The first kappa shape index (κ1) is 15.2. The van der Waals surface area contributed by atoms with Crippen LogP contribution in [0.25, 0.3) is 0 Å². The van der Waals surface area contributed by atoms with E-state index in [1.165, 1.54) is 0 Å². The molecule has 1 N–H and O–H groups in total. The van der Waals surface area contributed by atoms with E-state index in [4.69, 9.17) is 16.3 Å². The molecule has 94 valence electrons. The lowest BCUT2D eigenvalue weighted by Gasteiger charge is -2.04. The molecule has 0 aromatic rings. The average Bonchev–Trinajstić information content (AvgIpc) is 2.24. The summed E-state index contributed by atoms with van der Waals surface area (Å²) in [5.74, 6) is 0.198. The molecule has 0 aromatic carbocycles. The van der Waals surface area contributed by atoms with E-state index in [0.29, 0.717) is 31.9 Å². The van der Waals surface area contributed by atoms with Crippen LogP contribution in [0.2, 0.25) is 0 Å². The molecule has 0 saturated heterocycles. The first-order valence-corrected chi connectivity index (χ1v) is 6.22. The lowest BCUT2D eigenvalue weighted by Crippen LogP contribution is -2.24. The SMILES string of the molecule is CCOC(=O)CCCCCNC(=O)CCCl. The van der Waals surface area contributed by atoms with Gasteiger partial charge in [-0.25, -0.2) is 0 Å². The van der Waals surface area contributed by atoms with Crippen molar-refractivity contribution in [3.63, 3.8) is 0 Å². The van der Waals surface area contributed by atoms with Crippen LogP contribution in [0.3, 0.4) is 0 Å².